The molecule has 0 aliphatic heterocycles. The second-order valence-corrected chi connectivity index (χ2v) is 5.57. The molecule has 82 valence electrons. The Morgan fingerprint density at radius 1 is 1.33 bits per heavy atom. The summed E-state index contributed by atoms with van der Waals surface area (Å²) in [7, 11) is 0. The van der Waals surface area contributed by atoms with Crippen LogP contribution in [0.3, 0.4) is 0 Å². The van der Waals surface area contributed by atoms with Crippen LogP contribution >= 0.6 is 15.9 Å². The lowest BCUT2D eigenvalue weighted by molar-refractivity contribution is 0.709. The first kappa shape index (κ1) is 11.2. The van der Waals surface area contributed by atoms with Crippen molar-refractivity contribution < 1.29 is 0 Å². The minimum atomic E-state index is 0.453. The number of halogens is 1. The summed E-state index contributed by atoms with van der Waals surface area (Å²) in [6, 6.07) is 9.25. The molecule has 1 saturated carbocycles. The van der Waals surface area contributed by atoms with Crippen molar-refractivity contribution in [2.24, 2.45) is 5.92 Å². The van der Waals surface area contributed by atoms with Gasteiger partial charge in [0.1, 0.15) is 0 Å². The number of rotatable bonds is 4. The third-order valence-corrected chi connectivity index (χ3v) is 4.53. The first-order valence-electron chi connectivity index (χ1n) is 5.86. The molecular weight excluding hydrogens is 248 g/mol. The monoisotopic (exact) mass is 266 g/mol. The van der Waals surface area contributed by atoms with Crippen LogP contribution in [-0.2, 0) is 11.8 Å². The van der Waals surface area contributed by atoms with Gasteiger partial charge in [-0.3, -0.25) is 0 Å². The van der Waals surface area contributed by atoms with Gasteiger partial charge in [-0.1, -0.05) is 60.5 Å². The van der Waals surface area contributed by atoms with Crippen molar-refractivity contribution in [2.75, 3.05) is 5.33 Å². The number of hydrogen-bond acceptors (Lipinski definition) is 0. The van der Waals surface area contributed by atoms with Crippen LogP contribution in [-0.4, -0.2) is 5.33 Å². The van der Waals surface area contributed by atoms with Crippen molar-refractivity contribution >= 4 is 15.9 Å². The molecule has 0 aromatic heterocycles. The summed E-state index contributed by atoms with van der Waals surface area (Å²) >= 11 is 3.59. The maximum atomic E-state index is 3.59. The zero-order valence-electron chi connectivity index (χ0n) is 9.59. The third-order valence-electron chi connectivity index (χ3n) is 3.75. The largest absolute Gasteiger partial charge is 0.0925 e. The molecule has 0 amide bonds. The lowest BCUT2D eigenvalue weighted by atomic mass is 9.94. The molecule has 0 nitrogen and oxygen atoms in total. The molecule has 0 bridgehead atoms. The van der Waals surface area contributed by atoms with Crippen LogP contribution < -0.4 is 0 Å². The van der Waals surface area contributed by atoms with Gasteiger partial charge in [-0.05, 0) is 35.3 Å². The van der Waals surface area contributed by atoms with E-state index in [-0.39, 0.29) is 0 Å². The van der Waals surface area contributed by atoms with Crippen molar-refractivity contribution in [3.8, 4) is 0 Å². The lowest BCUT2D eigenvalue weighted by Gasteiger charge is -2.11. The molecule has 0 heterocycles. The fourth-order valence-corrected chi connectivity index (χ4v) is 3.32. The molecule has 0 radical (unpaired) electrons. The van der Waals surface area contributed by atoms with Gasteiger partial charge in [0.15, 0.2) is 0 Å². The summed E-state index contributed by atoms with van der Waals surface area (Å²) in [5, 5.41) is 1.14. The molecule has 0 saturated heterocycles. The minimum absolute atomic E-state index is 0.453. The Morgan fingerprint density at radius 2 is 2.00 bits per heavy atom. The number of alkyl halides is 1. The molecule has 1 fully saturated rings. The average Bonchev–Trinajstić information content (AvgIpc) is 2.93. The molecule has 1 aromatic rings. The Kier molecular flexibility index (Phi) is 3.20. The normalized spacial score (nSPS) is 29.1. The molecule has 0 spiro atoms. The van der Waals surface area contributed by atoms with E-state index in [0.29, 0.717) is 5.41 Å². The predicted octanol–water partition coefficient (Wildman–Crippen LogP) is 4.31. The Morgan fingerprint density at radius 3 is 2.47 bits per heavy atom. The van der Waals surface area contributed by atoms with Crippen molar-refractivity contribution in [3.05, 3.63) is 35.4 Å². The lowest BCUT2D eigenvalue weighted by Crippen LogP contribution is -2.05. The third kappa shape index (κ3) is 2.13. The molecule has 0 N–H and O–H groups in total. The van der Waals surface area contributed by atoms with Gasteiger partial charge in [-0.25, -0.2) is 0 Å². The van der Waals surface area contributed by atoms with E-state index in [1.165, 1.54) is 30.4 Å². The van der Waals surface area contributed by atoms with Gasteiger partial charge in [0.05, 0.1) is 0 Å². The fourth-order valence-electron chi connectivity index (χ4n) is 2.37. The highest BCUT2D eigenvalue weighted by molar-refractivity contribution is 9.09. The molecule has 2 rings (SSSR count). The van der Waals surface area contributed by atoms with Crippen molar-refractivity contribution in [1.82, 2.24) is 0 Å². The second kappa shape index (κ2) is 4.29. The van der Waals surface area contributed by atoms with Gasteiger partial charge in [0.2, 0.25) is 0 Å². The maximum Gasteiger partial charge on any atom is 0.00684 e. The zero-order chi connectivity index (χ0) is 10.9. The summed E-state index contributed by atoms with van der Waals surface area (Å²) in [5.41, 5.74) is 3.45. The molecule has 1 aliphatic carbocycles. The van der Waals surface area contributed by atoms with Crippen LogP contribution in [0.25, 0.3) is 0 Å². The van der Waals surface area contributed by atoms with E-state index in [9.17, 15) is 0 Å². The molecule has 1 aromatic carbocycles. The van der Waals surface area contributed by atoms with Gasteiger partial charge in [0, 0.05) is 5.33 Å². The number of benzene rings is 1. The molecule has 2 atom stereocenters. The molecule has 1 aliphatic rings. The SMILES string of the molecule is CCCc1ccc(C2(C)CC2CBr)cc1. The first-order valence-corrected chi connectivity index (χ1v) is 6.98. The van der Waals surface area contributed by atoms with Crippen molar-refractivity contribution in [3.63, 3.8) is 0 Å². The smallest absolute Gasteiger partial charge is 0.00684 e. The quantitative estimate of drug-likeness (QED) is 0.713. The second-order valence-electron chi connectivity index (χ2n) is 4.92. The van der Waals surface area contributed by atoms with Gasteiger partial charge in [-0.2, -0.15) is 0 Å². The summed E-state index contributed by atoms with van der Waals surface area (Å²) in [4.78, 5) is 0. The highest BCUT2D eigenvalue weighted by Gasteiger charge is 2.49. The zero-order valence-corrected chi connectivity index (χ0v) is 11.2. The topological polar surface area (TPSA) is 0 Å². The number of aryl methyl sites for hydroxylation is 1. The Hall–Kier alpha value is -0.300. The van der Waals surface area contributed by atoms with E-state index in [0.717, 1.165) is 11.2 Å². The predicted molar refractivity (Wildman–Crippen MR) is 69.7 cm³/mol. The van der Waals surface area contributed by atoms with Gasteiger partial charge < -0.3 is 0 Å². The van der Waals surface area contributed by atoms with Crippen molar-refractivity contribution in [1.29, 1.82) is 0 Å². The van der Waals surface area contributed by atoms with E-state index in [2.05, 4.69) is 54.0 Å². The Labute approximate surface area is 101 Å². The van der Waals surface area contributed by atoms with Crippen LogP contribution in [0.5, 0.6) is 0 Å². The average molecular weight is 267 g/mol. The standard InChI is InChI=1S/C14H19Br/c1-3-4-11-5-7-12(8-6-11)14(2)9-13(14)10-15/h5-8,13H,3-4,9-10H2,1-2H3. The van der Waals surface area contributed by atoms with Crippen LogP contribution in [0.1, 0.15) is 37.8 Å². The van der Waals surface area contributed by atoms with Gasteiger partial charge >= 0.3 is 0 Å². The van der Waals surface area contributed by atoms with E-state index >= 15 is 0 Å². The fraction of sp³-hybridized carbons (Fsp3) is 0.571. The van der Waals surface area contributed by atoms with E-state index in [4.69, 9.17) is 0 Å². The highest BCUT2D eigenvalue weighted by Crippen LogP contribution is 2.54. The van der Waals surface area contributed by atoms with Gasteiger partial charge in [-0.15, -0.1) is 0 Å². The molecule has 2 unspecified atom stereocenters. The molecular formula is C14H19Br. The van der Waals surface area contributed by atoms with Crippen LogP contribution in [0, 0.1) is 5.92 Å². The Balaban J connectivity index is 2.11. The Bertz CT molecular complexity index is 328. The van der Waals surface area contributed by atoms with Crippen LogP contribution in [0.4, 0.5) is 0 Å². The highest BCUT2D eigenvalue weighted by atomic mass is 79.9. The summed E-state index contributed by atoms with van der Waals surface area (Å²) < 4.78 is 0. The van der Waals surface area contributed by atoms with Gasteiger partial charge in [0.25, 0.3) is 0 Å². The van der Waals surface area contributed by atoms with Crippen molar-refractivity contribution in [2.45, 2.75) is 38.5 Å². The van der Waals surface area contributed by atoms with E-state index < -0.39 is 0 Å². The maximum absolute atomic E-state index is 3.59. The molecule has 1 heteroatoms. The van der Waals surface area contributed by atoms with Crippen LogP contribution in [0.2, 0.25) is 0 Å². The van der Waals surface area contributed by atoms with Crippen LogP contribution in [0.15, 0.2) is 24.3 Å². The summed E-state index contributed by atoms with van der Waals surface area (Å²) in [6.07, 6.45) is 3.78. The van der Waals surface area contributed by atoms with E-state index in [1.807, 2.05) is 0 Å². The number of hydrogen-bond donors (Lipinski definition) is 0. The summed E-state index contributed by atoms with van der Waals surface area (Å²) in [5.74, 6) is 0.842. The summed E-state index contributed by atoms with van der Waals surface area (Å²) in [6.45, 7) is 4.62. The molecule has 15 heavy (non-hydrogen) atoms. The first-order chi connectivity index (χ1) is 7.20. The minimum Gasteiger partial charge on any atom is -0.0925 e. The van der Waals surface area contributed by atoms with E-state index in [1.54, 1.807) is 0 Å².